The van der Waals surface area contributed by atoms with Gasteiger partial charge in [0.05, 0.1) is 5.56 Å². The van der Waals surface area contributed by atoms with E-state index >= 15 is 0 Å². The normalized spacial score (nSPS) is 10.2. The Bertz CT molecular complexity index is 594. The summed E-state index contributed by atoms with van der Waals surface area (Å²) in [5.74, 6) is 0.193. The highest BCUT2D eigenvalue weighted by Crippen LogP contribution is 2.21. The Balaban J connectivity index is 2.06. The van der Waals surface area contributed by atoms with Crippen molar-refractivity contribution in [3.05, 3.63) is 53.1 Å². The van der Waals surface area contributed by atoms with Gasteiger partial charge in [0.2, 0.25) is 0 Å². The maximum atomic E-state index is 10.7. The van der Waals surface area contributed by atoms with Crippen LogP contribution in [-0.2, 0) is 6.61 Å². The van der Waals surface area contributed by atoms with Crippen molar-refractivity contribution in [2.45, 2.75) is 20.5 Å². The summed E-state index contributed by atoms with van der Waals surface area (Å²) in [6.07, 6.45) is 2.55. The molecule has 19 heavy (non-hydrogen) atoms. The van der Waals surface area contributed by atoms with Crippen LogP contribution in [0.1, 0.15) is 27.3 Å². The largest absolute Gasteiger partial charge is 0.485 e. The van der Waals surface area contributed by atoms with E-state index in [0.29, 0.717) is 5.82 Å². The summed E-state index contributed by atoms with van der Waals surface area (Å²) in [6.45, 7) is 4.21. The number of hydrogen-bond acceptors (Lipinski definition) is 4. The molecule has 0 saturated heterocycles. The van der Waals surface area contributed by atoms with Crippen LogP contribution in [0.25, 0.3) is 0 Å². The molecule has 5 nitrogen and oxygen atoms in total. The van der Waals surface area contributed by atoms with Crippen molar-refractivity contribution in [1.82, 2.24) is 9.97 Å². The van der Waals surface area contributed by atoms with Gasteiger partial charge in [-0.15, -0.1) is 0 Å². The first-order valence-electron chi connectivity index (χ1n) is 5.81. The highest BCUT2D eigenvalue weighted by molar-refractivity contribution is 5.86. The van der Waals surface area contributed by atoms with E-state index in [1.807, 2.05) is 32.0 Å². The Kier molecular flexibility index (Phi) is 3.75. The van der Waals surface area contributed by atoms with Crippen LogP contribution in [-0.4, -0.2) is 21.0 Å². The number of hydrogen-bond donors (Lipinski definition) is 1. The Morgan fingerprint density at radius 1 is 1.26 bits per heavy atom. The number of nitrogens with zero attached hydrogens (tertiary/aromatic N) is 2. The fourth-order valence-corrected chi connectivity index (χ4v) is 1.56. The fraction of sp³-hybridized carbons (Fsp3) is 0.214. The van der Waals surface area contributed by atoms with Gasteiger partial charge >= 0.3 is 5.97 Å². The number of aromatic carboxylic acids is 1. The second-order valence-corrected chi connectivity index (χ2v) is 4.18. The number of aryl methyl sites for hydroxylation is 1. The van der Waals surface area contributed by atoms with Crippen molar-refractivity contribution in [3.63, 3.8) is 0 Å². The Morgan fingerprint density at radius 3 is 2.58 bits per heavy atom. The lowest BCUT2D eigenvalue weighted by molar-refractivity contribution is 0.0695. The molecule has 2 aromatic rings. The number of benzene rings is 1. The molecule has 5 heteroatoms. The Hall–Kier alpha value is -2.43. The summed E-state index contributed by atoms with van der Waals surface area (Å²) in [6, 6.07) is 5.82. The quantitative estimate of drug-likeness (QED) is 0.911. The van der Waals surface area contributed by atoms with Crippen LogP contribution in [0.3, 0.4) is 0 Å². The summed E-state index contributed by atoms with van der Waals surface area (Å²) in [4.78, 5) is 18.6. The van der Waals surface area contributed by atoms with Crippen LogP contribution in [0.4, 0.5) is 0 Å². The van der Waals surface area contributed by atoms with E-state index in [1.165, 1.54) is 12.4 Å². The van der Waals surface area contributed by atoms with Gasteiger partial charge in [-0.1, -0.05) is 12.1 Å². The van der Waals surface area contributed by atoms with E-state index in [2.05, 4.69) is 9.97 Å². The van der Waals surface area contributed by atoms with Crippen molar-refractivity contribution in [3.8, 4) is 5.75 Å². The topological polar surface area (TPSA) is 72.3 Å². The van der Waals surface area contributed by atoms with Crippen molar-refractivity contribution < 1.29 is 14.6 Å². The van der Waals surface area contributed by atoms with Crippen LogP contribution < -0.4 is 4.74 Å². The molecule has 0 amide bonds. The van der Waals surface area contributed by atoms with Gasteiger partial charge in [0, 0.05) is 12.4 Å². The zero-order valence-electron chi connectivity index (χ0n) is 10.8. The third-order valence-electron chi connectivity index (χ3n) is 2.86. The van der Waals surface area contributed by atoms with Crippen molar-refractivity contribution in [2.24, 2.45) is 0 Å². The highest BCUT2D eigenvalue weighted by atomic mass is 16.5. The summed E-state index contributed by atoms with van der Waals surface area (Å²) < 4.78 is 5.63. The molecule has 0 aliphatic heterocycles. The van der Waals surface area contributed by atoms with E-state index in [-0.39, 0.29) is 12.2 Å². The summed E-state index contributed by atoms with van der Waals surface area (Å²) in [5, 5.41) is 8.74. The van der Waals surface area contributed by atoms with E-state index < -0.39 is 5.97 Å². The number of aromatic nitrogens is 2. The maximum absolute atomic E-state index is 10.7. The predicted molar refractivity (Wildman–Crippen MR) is 69.2 cm³/mol. The van der Waals surface area contributed by atoms with Crippen LogP contribution >= 0.6 is 0 Å². The standard InChI is InChI=1S/C14H14N2O3/c1-9-4-3-5-12(10(9)2)19-8-13-15-6-11(7-16-13)14(17)18/h3-7H,8H2,1-2H3,(H,17,18). The average molecular weight is 258 g/mol. The Labute approximate surface area is 110 Å². The van der Waals surface area contributed by atoms with Crippen molar-refractivity contribution in [1.29, 1.82) is 0 Å². The van der Waals surface area contributed by atoms with Crippen LogP contribution in [0.5, 0.6) is 5.75 Å². The second kappa shape index (κ2) is 5.48. The molecule has 1 N–H and O–H groups in total. The highest BCUT2D eigenvalue weighted by Gasteiger charge is 2.06. The molecule has 0 fully saturated rings. The molecule has 1 heterocycles. The zero-order valence-corrected chi connectivity index (χ0v) is 10.8. The molecule has 0 unspecified atom stereocenters. The van der Waals surface area contributed by atoms with E-state index in [0.717, 1.165) is 16.9 Å². The lowest BCUT2D eigenvalue weighted by Gasteiger charge is -2.09. The first-order chi connectivity index (χ1) is 9.08. The zero-order chi connectivity index (χ0) is 13.8. The SMILES string of the molecule is Cc1cccc(OCc2ncc(C(=O)O)cn2)c1C. The Morgan fingerprint density at radius 2 is 1.95 bits per heavy atom. The molecule has 0 radical (unpaired) electrons. The number of ether oxygens (including phenoxy) is 1. The minimum atomic E-state index is -1.04. The van der Waals surface area contributed by atoms with Gasteiger partial charge in [-0.25, -0.2) is 14.8 Å². The van der Waals surface area contributed by atoms with Crippen LogP contribution in [0.15, 0.2) is 30.6 Å². The molecule has 0 atom stereocenters. The lowest BCUT2D eigenvalue weighted by Crippen LogP contribution is -2.05. The number of carboxylic acid groups (broad SMARTS) is 1. The van der Waals surface area contributed by atoms with E-state index in [9.17, 15) is 4.79 Å². The molecule has 0 spiro atoms. The molecule has 1 aromatic heterocycles. The summed E-state index contributed by atoms with van der Waals surface area (Å²) >= 11 is 0. The molecule has 1 aromatic carbocycles. The minimum absolute atomic E-state index is 0.0653. The molecule has 98 valence electrons. The molecular weight excluding hydrogens is 244 g/mol. The van der Waals surface area contributed by atoms with Gasteiger partial charge in [-0.3, -0.25) is 0 Å². The van der Waals surface area contributed by atoms with Gasteiger partial charge in [0.15, 0.2) is 5.82 Å². The second-order valence-electron chi connectivity index (χ2n) is 4.18. The average Bonchev–Trinajstić information content (AvgIpc) is 2.41. The van der Waals surface area contributed by atoms with Gasteiger partial charge in [-0.2, -0.15) is 0 Å². The third kappa shape index (κ3) is 3.07. The number of carboxylic acids is 1. The maximum Gasteiger partial charge on any atom is 0.338 e. The fourth-order valence-electron chi connectivity index (χ4n) is 1.56. The van der Waals surface area contributed by atoms with Crippen molar-refractivity contribution >= 4 is 5.97 Å². The molecule has 2 rings (SSSR count). The van der Waals surface area contributed by atoms with Crippen LogP contribution in [0.2, 0.25) is 0 Å². The first kappa shape index (κ1) is 13.0. The van der Waals surface area contributed by atoms with Gasteiger partial charge in [0.1, 0.15) is 12.4 Å². The summed E-state index contributed by atoms with van der Waals surface area (Å²) in [7, 11) is 0. The van der Waals surface area contributed by atoms with Crippen LogP contribution in [0, 0.1) is 13.8 Å². The van der Waals surface area contributed by atoms with Gasteiger partial charge in [-0.05, 0) is 31.0 Å². The lowest BCUT2D eigenvalue weighted by atomic mass is 10.1. The number of rotatable bonds is 4. The van der Waals surface area contributed by atoms with Gasteiger partial charge < -0.3 is 9.84 Å². The molecule has 0 bridgehead atoms. The molecule has 0 saturated carbocycles. The monoisotopic (exact) mass is 258 g/mol. The number of carbonyl (C=O) groups is 1. The summed E-state index contributed by atoms with van der Waals surface area (Å²) in [5.41, 5.74) is 2.29. The smallest absolute Gasteiger partial charge is 0.338 e. The molecular formula is C14H14N2O3. The molecule has 0 aliphatic rings. The van der Waals surface area contributed by atoms with Crippen molar-refractivity contribution in [2.75, 3.05) is 0 Å². The van der Waals surface area contributed by atoms with E-state index in [1.54, 1.807) is 0 Å². The van der Waals surface area contributed by atoms with Gasteiger partial charge in [0.25, 0.3) is 0 Å². The predicted octanol–water partition coefficient (Wildman–Crippen LogP) is 2.37. The minimum Gasteiger partial charge on any atom is -0.485 e. The first-order valence-corrected chi connectivity index (χ1v) is 5.81. The third-order valence-corrected chi connectivity index (χ3v) is 2.86. The molecule has 0 aliphatic carbocycles. The van der Waals surface area contributed by atoms with E-state index in [4.69, 9.17) is 9.84 Å².